The molecule has 0 spiro atoms. The van der Waals surface area contributed by atoms with Crippen molar-refractivity contribution in [2.45, 2.75) is 19.4 Å². The molecule has 22 heavy (non-hydrogen) atoms. The number of anilines is 2. The van der Waals surface area contributed by atoms with Crippen LogP contribution in [-0.2, 0) is 9.59 Å². The average molecular weight is 296 g/mol. The fourth-order valence-electron chi connectivity index (χ4n) is 2.51. The molecule has 2 aromatic rings. The standard InChI is InChI=1S/C17H16N2O3/c1-11-5-7-13(8-6-11)19-16(21)10-15(17(19)22)18-12-3-2-4-14(20)9-12/h2-9,15,18,20H,10H2,1H3. The molecular formula is C17H16N2O3. The minimum atomic E-state index is -0.615. The van der Waals surface area contributed by atoms with E-state index >= 15 is 0 Å². The molecule has 1 aliphatic heterocycles. The summed E-state index contributed by atoms with van der Waals surface area (Å²) in [4.78, 5) is 25.8. The number of aryl methyl sites for hydroxylation is 1. The lowest BCUT2D eigenvalue weighted by molar-refractivity contribution is -0.121. The van der Waals surface area contributed by atoms with Crippen molar-refractivity contribution in [3.05, 3.63) is 54.1 Å². The molecule has 5 heteroatoms. The highest BCUT2D eigenvalue weighted by Gasteiger charge is 2.39. The van der Waals surface area contributed by atoms with E-state index in [2.05, 4.69) is 5.32 Å². The van der Waals surface area contributed by atoms with Crippen LogP contribution in [0.25, 0.3) is 0 Å². The van der Waals surface area contributed by atoms with E-state index in [4.69, 9.17) is 0 Å². The first kappa shape index (κ1) is 14.1. The lowest BCUT2D eigenvalue weighted by atomic mass is 10.2. The van der Waals surface area contributed by atoms with Gasteiger partial charge in [-0.3, -0.25) is 9.59 Å². The zero-order valence-corrected chi connectivity index (χ0v) is 12.1. The van der Waals surface area contributed by atoms with Crippen molar-refractivity contribution in [1.82, 2.24) is 0 Å². The Labute approximate surface area is 128 Å². The van der Waals surface area contributed by atoms with E-state index in [1.54, 1.807) is 30.3 Å². The number of rotatable bonds is 3. The predicted octanol–water partition coefficient (Wildman–Crippen LogP) is 2.44. The Morgan fingerprint density at radius 2 is 1.86 bits per heavy atom. The monoisotopic (exact) mass is 296 g/mol. The molecule has 0 radical (unpaired) electrons. The van der Waals surface area contributed by atoms with Crippen LogP contribution in [0.5, 0.6) is 5.75 Å². The summed E-state index contributed by atoms with van der Waals surface area (Å²) in [7, 11) is 0. The van der Waals surface area contributed by atoms with Gasteiger partial charge in [0.2, 0.25) is 5.91 Å². The molecule has 1 fully saturated rings. The number of carbonyl (C=O) groups is 2. The maximum atomic E-state index is 12.5. The van der Waals surface area contributed by atoms with E-state index < -0.39 is 6.04 Å². The van der Waals surface area contributed by atoms with Crippen molar-refractivity contribution < 1.29 is 14.7 Å². The van der Waals surface area contributed by atoms with E-state index in [1.165, 1.54) is 11.0 Å². The van der Waals surface area contributed by atoms with Gasteiger partial charge in [-0.1, -0.05) is 23.8 Å². The van der Waals surface area contributed by atoms with Gasteiger partial charge in [0, 0.05) is 11.8 Å². The maximum Gasteiger partial charge on any atom is 0.256 e. The molecule has 1 aliphatic rings. The summed E-state index contributed by atoms with van der Waals surface area (Å²) >= 11 is 0. The third-order valence-corrected chi connectivity index (χ3v) is 3.63. The number of amides is 2. The summed E-state index contributed by atoms with van der Waals surface area (Å²) < 4.78 is 0. The van der Waals surface area contributed by atoms with Crippen LogP contribution in [0.2, 0.25) is 0 Å². The molecule has 3 rings (SSSR count). The van der Waals surface area contributed by atoms with Crippen molar-refractivity contribution >= 4 is 23.2 Å². The Morgan fingerprint density at radius 1 is 1.14 bits per heavy atom. The van der Waals surface area contributed by atoms with Crippen LogP contribution in [0.3, 0.4) is 0 Å². The summed E-state index contributed by atoms with van der Waals surface area (Å²) in [5, 5.41) is 12.5. The summed E-state index contributed by atoms with van der Waals surface area (Å²) in [6.07, 6.45) is 0.0996. The number of aromatic hydroxyl groups is 1. The van der Waals surface area contributed by atoms with Crippen molar-refractivity contribution in [2.75, 3.05) is 10.2 Å². The van der Waals surface area contributed by atoms with Gasteiger partial charge in [-0.2, -0.15) is 0 Å². The minimum absolute atomic E-state index is 0.0996. The van der Waals surface area contributed by atoms with Gasteiger partial charge in [0.05, 0.1) is 12.1 Å². The van der Waals surface area contributed by atoms with Crippen LogP contribution >= 0.6 is 0 Å². The van der Waals surface area contributed by atoms with Gasteiger partial charge >= 0.3 is 0 Å². The second-order valence-electron chi connectivity index (χ2n) is 5.35. The number of benzene rings is 2. The van der Waals surface area contributed by atoms with Crippen LogP contribution in [0.15, 0.2) is 48.5 Å². The van der Waals surface area contributed by atoms with E-state index in [0.29, 0.717) is 11.4 Å². The lowest BCUT2D eigenvalue weighted by Crippen LogP contribution is -2.34. The second-order valence-corrected chi connectivity index (χ2v) is 5.35. The highest BCUT2D eigenvalue weighted by atomic mass is 16.3. The van der Waals surface area contributed by atoms with Gasteiger partial charge in [-0.25, -0.2) is 4.90 Å². The number of nitrogens with zero attached hydrogens (tertiary/aromatic N) is 1. The van der Waals surface area contributed by atoms with Crippen LogP contribution < -0.4 is 10.2 Å². The Balaban J connectivity index is 1.81. The normalized spacial score (nSPS) is 17.9. The molecule has 1 unspecified atom stereocenters. The summed E-state index contributed by atoms with van der Waals surface area (Å²) in [6, 6.07) is 13.1. The van der Waals surface area contributed by atoms with E-state index in [-0.39, 0.29) is 24.0 Å². The van der Waals surface area contributed by atoms with Crippen LogP contribution in [0.1, 0.15) is 12.0 Å². The van der Waals surface area contributed by atoms with Gasteiger partial charge in [-0.15, -0.1) is 0 Å². The molecule has 1 saturated heterocycles. The van der Waals surface area contributed by atoms with Crippen molar-refractivity contribution in [1.29, 1.82) is 0 Å². The fourth-order valence-corrected chi connectivity index (χ4v) is 2.51. The van der Waals surface area contributed by atoms with E-state index in [1.807, 2.05) is 19.1 Å². The van der Waals surface area contributed by atoms with Crippen molar-refractivity contribution in [2.24, 2.45) is 0 Å². The number of nitrogens with one attached hydrogen (secondary N) is 1. The Bertz CT molecular complexity index is 725. The maximum absolute atomic E-state index is 12.5. The molecule has 1 heterocycles. The highest BCUT2D eigenvalue weighted by Crippen LogP contribution is 2.26. The average Bonchev–Trinajstić information content (AvgIpc) is 2.75. The molecule has 2 N–H and O–H groups in total. The lowest BCUT2D eigenvalue weighted by Gasteiger charge is -2.16. The second kappa shape index (κ2) is 5.52. The molecule has 1 atom stereocenters. The molecule has 5 nitrogen and oxygen atoms in total. The zero-order chi connectivity index (χ0) is 15.7. The van der Waals surface area contributed by atoms with Gasteiger partial charge in [0.15, 0.2) is 0 Å². The Kier molecular flexibility index (Phi) is 3.55. The Morgan fingerprint density at radius 3 is 2.55 bits per heavy atom. The zero-order valence-electron chi connectivity index (χ0n) is 12.1. The third kappa shape index (κ3) is 2.65. The molecule has 0 aromatic heterocycles. The number of phenolic OH excluding ortho intramolecular Hbond substituents is 1. The minimum Gasteiger partial charge on any atom is -0.508 e. The molecule has 0 bridgehead atoms. The first-order valence-corrected chi connectivity index (χ1v) is 7.03. The molecule has 0 aliphatic carbocycles. The van der Waals surface area contributed by atoms with Gasteiger partial charge in [-0.05, 0) is 31.2 Å². The van der Waals surface area contributed by atoms with Crippen molar-refractivity contribution in [3.8, 4) is 5.75 Å². The SMILES string of the molecule is Cc1ccc(N2C(=O)CC(Nc3cccc(O)c3)C2=O)cc1. The molecule has 2 amide bonds. The largest absolute Gasteiger partial charge is 0.508 e. The third-order valence-electron chi connectivity index (χ3n) is 3.63. The van der Waals surface area contributed by atoms with E-state index in [9.17, 15) is 14.7 Å². The summed E-state index contributed by atoms with van der Waals surface area (Å²) in [6.45, 7) is 1.95. The van der Waals surface area contributed by atoms with Gasteiger partial charge in [0.25, 0.3) is 5.91 Å². The molecule has 2 aromatic carbocycles. The van der Waals surface area contributed by atoms with Crippen LogP contribution in [0.4, 0.5) is 11.4 Å². The predicted molar refractivity (Wildman–Crippen MR) is 83.8 cm³/mol. The van der Waals surface area contributed by atoms with E-state index in [0.717, 1.165) is 5.56 Å². The number of imide groups is 1. The smallest absolute Gasteiger partial charge is 0.256 e. The number of hydrogen-bond acceptors (Lipinski definition) is 4. The fraction of sp³-hybridized carbons (Fsp3) is 0.176. The van der Waals surface area contributed by atoms with Crippen molar-refractivity contribution in [3.63, 3.8) is 0 Å². The molecular weight excluding hydrogens is 280 g/mol. The van der Waals surface area contributed by atoms with Crippen LogP contribution in [-0.4, -0.2) is 23.0 Å². The van der Waals surface area contributed by atoms with Crippen LogP contribution in [0, 0.1) is 6.92 Å². The first-order chi connectivity index (χ1) is 10.5. The van der Waals surface area contributed by atoms with Gasteiger partial charge < -0.3 is 10.4 Å². The molecule has 112 valence electrons. The number of carbonyl (C=O) groups excluding carboxylic acids is 2. The number of phenols is 1. The molecule has 0 saturated carbocycles. The Hall–Kier alpha value is -2.82. The quantitative estimate of drug-likeness (QED) is 0.854. The topological polar surface area (TPSA) is 69.6 Å². The highest BCUT2D eigenvalue weighted by molar-refractivity contribution is 6.23. The first-order valence-electron chi connectivity index (χ1n) is 7.03. The van der Waals surface area contributed by atoms with Gasteiger partial charge in [0.1, 0.15) is 11.8 Å². The number of hydrogen-bond donors (Lipinski definition) is 2. The summed E-state index contributed by atoms with van der Waals surface area (Å²) in [5.74, 6) is -0.402. The summed E-state index contributed by atoms with van der Waals surface area (Å²) in [5.41, 5.74) is 2.26.